The van der Waals surface area contributed by atoms with Gasteiger partial charge in [-0.1, -0.05) is 28.8 Å². The molecule has 0 bridgehead atoms. The smallest absolute Gasteiger partial charge is 0.294 e. The molecule has 3 N–H and O–H groups in total. The number of benzene rings is 1. The molecule has 1 saturated heterocycles. The number of morpholine rings is 1. The Morgan fingerprint density at radius 1 is 1.11 bits per heavy atom. The van der Waals surface area contributed by atoms with E-state index in [-0.39, 0.29) is 53.0 Å². The predicted molar refractivity (Wildman–Crippen MR) is 148 cm³/mol. The first-order valence-corrected chi connectivity index (χ1v) is 13.6. The lowest BCUT2D eigenvalue weighted by atomic mass is 9.89. The summed E-state index contributed by atoms with van der Waals surface area (Å²) in [7, 11) is 1.75. The van der Waals surface area contributed by atoms with Gasteiger partial charge in [-0.15, -0.1) is 0 Å². The molecule has 2 fully saturated rings. The lowest BCUT2D eigenvalue weighted by Gasteiger charge is -2.36. The van der Waals surface area contributed by atoms with E-state index in [1.807, 2.05) is 13.8 Å². The highest BCUT2D eigenvalue weighted by atomic mass is 79.9. The van der Waals surface area contributed by atoms with Crippen molar-refractivity contribution in [1.29, 1.82) is 0 Å². The van der Waals surface area contributed by atoms with Gasteiger partial charge in [0.2, 0.25) is 0 Å². The van der Waals surface area contributed by atoms with Crippen LogP contribution in [0.4, 0.5) is 17.1 Å². The average molecular weight is 589 g/mol. The SMILES string of the molecule is CNc1cncc(C(=O)N[C@H]2CCCC[C@H]2Nc2c(C(=O)N3C[C@H](C)O[C@@H](C)C3)cc(Br)cc2[N+](=O)[O-])c1. The number of amides is 2. The number of carbonyl (C=O) groups excluding carboxylic acids is 2. The van der Waals surface area contributed by atoms with E-state index in [1.54, 1.807) is 30.3 Å². The summed E-state index contributed by atoms with van der Waals surface area (Å²) in [6.45, 7) is 4.58. The predicted octanol–water partition coefficient (Wildman–Crippen LogP) is 4.20. The highest BCUT2D eigenvalue weighted by Crippen LogP contribution is 2.36. The number of nitrogens with one attached hydrogen (secondary N) is 3. The maximum Gasteiger partial charge on any atom is 0.294 e. The second-order valence-corrected chi connectivity index (χ2v) is 10.8. The summed E-state index contributed by atoms with van der Waals surface area (Å²) >= 11 is 3.34. The molecule has 2 heterocycles. The first kappa shape index (κ1) is 27.8. The van der Waals surface area contributed by atoms with Crippen molar-refractivity contribution in [2.45, 2.75) is 63.8 Å². The van der Waals surface area contributed by atoms with Gasteiger partial charge in [0.05, 0.1) is 33.9 Å². The number of ether oxygens (including phenoxy) is 1. The zero-order chi connectivity index (χ0) is 27.4. The zero-order valence-electron chi connectivity index (χ0n) is 21.7. The molecule has 1 aromatic carbocycles. The van der Waals surface area contributed by atoms with Crippen LogP contribution >= 0.6 is 15.9 Å². The van der Waals surface area contributed by atoms with E-state index in [0.717, 1.165) is 18.5 Å². The first-order chi connectivity index (χ1) is 18.2. The summed E-state index contributed by atoms with van der Waals surface area (Å²) in [4.78, 5) is 44.1. The first-order valence-electron chi connectivity index (χ1n) is 12.8. The fraction of sp³-hybridized carbons (Fsp3) is 0.500. The Kier molecular flexibility index (Phi) is 8.83. The second kappa shape index (κ2) is 12.1. The van der Waals surface area contributed by atoms with Crippen LogP contribution in [0.2, 0.25) is 0 Å². The van der Waals surface area contributed by atoms with Crippen molar-refractivity contribution in [1.82, 2.24) is 15.2 Å². The lowest BCUT2D eigenvalue weighted by Crippen LogP contribution is -2.49. The number of nitro benzene ring substituents is 1. The minimum Gasteiger partial charge on any atom is -0.387 e. The minimum atomic E-state index is -0.486. The largest absolute Gasteiger partial charge is 0.387 e. The molecule has 1 aliphatic heterocycles. The van der Waals surface area contributed by atoms with E-state index in [9.17, 15) is 19.7 Å². The van der Waals surface area contributed by atoms with Crippen LogP contribution in [0.5, 0.6) is 0 Å². The van der Waals surface area contributed by atoms with Crippen LogP contribution in [-0.4, -0.2) is 71.1 Å². The third-order valence-corrected chi connectivity index (χ3v) is 7.38. The normalized spacial score (nSPS) is 23.4. The van der Waals surface area contributed by atoms with Crippen molar-refractivity contribution in [3.05, 3.63) is 56.3 Å². The summed E-state index contributed by atoms with van der Waals surface area (Å²) in [5, 5.41) is 21.5. The number of pyridine rings is 1. The number of hydrogen-bond acceptors (Lipinski definition) is 8. The lowest BCUT2D eigenvalue weighted by molar-refractivity contribution is -0.384. The Bertz CT molecular complexity index is 1200. The Morgan fingerprint density at radius 3 is 2.45 bits per heavy atom. The summed E-state index contributed by atoms with van der Waals surface area (Å²) in [6, 6.07) is 4.14. The molecule has 1 aliphatic carbocycles. The number of halogens is 1. The van der Waals surface area contributed by atoms with Gasteiger partial charge in [-0.2, -0.15) is 0 Å². The van der Waals surface area contributed by atoms with Crippen molar-refractivity contribution in [3.8, 4) is 0 Å². The maximum absolute atomic E-state index is 13.7. The third-order valence-electron chi connectivity index (χ3n) is 6.92. The van der Waals surface area contributed by atoms with Gasteiger partial charge >= 0.3 is 0 Å². The molecule has 0 radical (unpaired) electrons. The van der Waals surface area contributed by atoms with Crippen LogP contribution in [0.15, 0.2) is 35.1 Å². The molecule has 2 aliphatic rings. The van der Waals surface area contributed by atoms with E-state index in [2.05, 4.69) is 36.9 Å². The topological polar surface area (TPSA) is 139 Å². The van der Waals surface area contributed by atoms with E-state index in [1.165, 1.54) is 12.3 Å². The quantitative estimate of drug-likeness (QED) is 0.323. The second-order valence-electron chi connectivity index (χ2n) is 9.90. The van der Waals surface area contributed by atoms with Gasteiger partial charge < -0.3 is 25.6 Å². The van der Waals surface area contributed by atoms with Crippen molar-refractivity contribution in [2.24, 2.45) is 0 Å². The summed E-state index contributed by atoms with van der Waals surface area (Å²) in [5.74, 6) is -0.573. The Balaban J connectivity index is 1.63. The number of rotatable bonds is 7. The molecular weight excluding hydrogens is 556 g/mol. The van der Waals surface area contributed by atoms with Crippen LogP contribution in [0.1, 0.15) is 60.2 Å². The Hall–Kier alpha value is -3.25. The van der Waals surface area contributed by atoms with Gasteiger partial charge in [-0.3, -0.25) is 24.7 Å². The van der Waals surface area contributed by atoms with Crippen molar-refractivity contribution in [3.63, 3.8) is 0 Å². The van der Waals surface area contributed by atoms with Crippen molar-refractivity contribution >= 4 is 44.8 Å². The number of aromatic nitrogens is 1. The molecule has 11 nitrogen and oxygen atoms in total. The molecule has 4 rings (SSSR count). The minimum absolute atomic E-state index is 0.143. The molecule has 1 saturated carbocycles. The van der Waals surface area contributed by atoms with Crippen LogP contribution in [0, 0.1) is 10.1 Å². The molecule has 12 heteroatoms. The number of hydrogen-bond donors (Lipinski definition) is 3. The molecule has 38 heavy (non-hydrogen) atoms. The molecule has 4 atom stereocenters. The standard InChI is InChI=1S/C26H33BrN6O5/c1-15-13-32(14-16(2)38-15)26(35)20-9-18(27)10-23(33(36)37)24(20)30-21-6-4-5-7-22(21)31-25(34)17-8-19(28-3)12-29-11-17/h8-12,15-16,21-22,28,30H,4-7,13-14H2,1-3H3,(H,31,34)/t15-,16-,21+,22-/m0/s1. The van der Waals surface area contributed by atoms with E-state index in [0.29, 0.717) is 36.0 Å². The number of nitrogens with zero attached hydrogens (tertiary/aromatic N) is 3. The Morgan fingerprint density at radius 2 is 1.79 bits per heavy atom. The highest BCUT2D eigenvalue weighted by molar-refractivity contribution is 9.10. The molecule has 0 spiro atoms. The van der Waals surface area contributed by atoms with Gasteiger partial charge in [-0.05, 0) is 38.8 Å². The van der Waals surface area contributed by atoms with Crippen LogP contribution in [0.3, 0.4) is 0 Å². The van der Waals surface area contributed by atoms with Crippen LogP contribution in [0.25, 0.3) is 0 Å². The van der Waals surface area contributed by atoms with Gasteiger partial charge in [0, 0.05) is 55.2 Å². The summed E-state index contributed by atoms with van der Waals surface area (Å²) in [5.41, 5.74) is 1.33. The van der Waals surface area contributed by atoms with E-state index >= 15 is 0 Å². The van der Waals surface area contributed by atoms with E-state index in [4.69, 9.17) is 4.74 Å². The van der Waals surface area contributed by atoms with Gasteiger partial charge in [0.15, 0.2) is 0 Å². The maximum atomic E-state index is 13.7. The molecule has 0 unspecified atom stereocenters. The number of anilines is 2. The van der Waals surface area contributed by atoms with Gasteiger partial charge in [-0.25, -0.2) is 0 Å². The van der Waals surface area contributed by atoms with Gasteiger partial charge in [0.25, 0.3) is 17.5 Å². The molecule has 204 valence electrons. The molecule has 2 aromatic rings. The highest BCUT2D eigenvalue weighted by Gasteiger charge is 2.34. The molecule has 1 aromatic heterocycles. The Labute approximate surface area is 230 Å². The zero-order valence-corrected chi connectivity index (χ0v) is 23.3. The van der Waals surface area contributed by atoms with Crippen LogP contribution in [-0.2, 0) is 4.74 Å². The van der Waals surface area contributed by atoms with Gasteiger partial charge in [0.1, 0.15) is 5.69 Å². The van der Waals surface area contributed by atoms with E-state index < -0.39 is 4.92 Å². The third kappa shape index (κ3) is 6.41. The van der Waals surface area contributed by atoms with Crippen LogP contribution < -0.4 is 16.0 Å². The van der Waals surface area contributed by atoms with Crippen molar-refractivity contribution in [2.75, 3.05) is 30.8 Å². The monoisotopic (exact) mass is 588 g/mol. The fourth-order valence-corrected chi connectivity index (χ4v) is 5.63. The number of carbonyl (C=O) groups is 2. The number of nitro groups is 1. The average Bonchev–Trinajstić information content (AvgIpc) is 2.89. The molecular formula is C26H33BrN6O5. The summed E-state index contributed by atoms with van der Waals surface area (Å²) in [6.07, 6.45) is 6.04. The summed E-state index contributed by atoms with van der Waals surface area (Å²) < 4.78 is 6.21. The fourth-order valence-electron chi connectivity index (χ4n) is 5.19. The molecule has 2 amide bonds. The van der Waals surface area contributed by atoms with Crippen molar-refractivity contribution < 1.29 is 19.2 Å².